The van der Waals surface area contributed by atoms with E-state index in [2.05, 4.69) is 10.6 Å². The van der Waals surface area contributed by atoms with Crippen molar-refractivity contribution in [2.75, 3.05) is 11.9 Å². The number of carboxylic acid groups (broad SMARTS) is 1. The number of nitrogens with zero attached hydrogens (tertiary/aromatic N) is 1. The van der Waals surface area contributed by atoms with E-state index in [4.69, 9.17) is 10.4 Å². The predicted octanol–water partition coefficient (Wildman–Crippen LogP) is 1.03. The standard InChI is InChI=1S/C10H9N3O3/c11-5-6-12-10(16)13-8-3-1-7(2-4-8)9(14)15/h1-4H,6H2,(H,14,15)(H2,12,13,16). The Hall–Kier alpha value is -2.55. The fourth-order valence-electron chi connectivity index (χ4n) is 0.991. The molecule has 0 aliphatic carbocycles. The van der Waals surface area contributed by atoms with Crippen molar-refractivity contribution in [2.24, 2.45) is 0 Å². The van der Waals surface area contributed by atoms with Crippen molar-refractivity contribution in [3.8, 4) is 6.07 Å². The molecule has 6 nitrogen and oxygen atoms in total. The number of hydrogen-bond acceptors (Lipinski definition) is 3. The van der Waals surface area contributed by atoms with E-state index in [1.165, 1.54) is 24.3 Å². The first kappa shape index (κ1) is 11.5. The molecule has 0 bridgehead atoms. The van der Waals surface area contributed by atoms with Gasteiger partial charge in [0.1, 0.15) is 6.54 Å². The molecule has 0 fully saturated rings. The van der Waals surface area contributed by atoms with Crippen LogP contribution in [0.5, 0.6) is 0 Å². The summed E-state index contributed by atoms with van der Waals surface area (Å²) in [5.41, 5.74) is 0.600. The van der Waals surface area contributed by atoms with Crippen molar-refractivity contribution in [2.45, 2.75) is 0 Å². The second-order valence-electron chi connectivity index (χ2n) is 2.85. The van der Waals surface area contributed by atoms with Gasteiger partial charge in [-0.25, -0.2) is 9.59 Å². The molecule has 0 heterocycles. The maximum atomic E-state index is 11.1. The Kier molecular flexibility index (Phi) is 3.86. The van der Waals surface area contributed by atoms with Crippen molar-refractivity contribution in [1.82, 2.24) is 5.32 Å². The number of benzene rings is 1. The summed E-state index contributed by atoms with van der Waals surface area (Å²) in [7, 11) is 0. The first-order chi connectivity index (χ1) is 7.63. The van der Waals surface area contributed by atoms with Crippen LogP contribution >= 0.6 is 0 Å². The van der Waals surface area contributed by atoms with Gasteiger partial charge in [-0.05, 0) is 24.3 Å². The molecule has 6 heteroatoms. The third kappa shape index (κ3) is 3.31. The van der Waals surface area contributed by atoms with Gasteiger partial charge in [0.2, 0.25) is 0 Å². The third-order valence-corrected chi connectivity index (χ3v) is 1.72. The van der Waals surface area contributed by atoms with E-state index in [0.29, 0.717) is 5.69 Å². The number of aromatic carboxylic acids is 1. The normalized spacial score (nSPS) is 8.94. The first-order valence-electron chi connectivity index (χ1n) is 4.38. The summed E-state index contributed by atoms with van der Waals surface area (Å²) < 4.78 is 0. The smallest absolute Gasteiger partial charge is 0.335 e. The van der Waals surface area contributed by atoms with Crippen LogP contribution < -0.4 is 10.6 Å². The lowest BCUT2D eigenvalue weighted by Gasteiger charge is -2.04. The van der Waals surface area contributed by atoms with Crippen LogP contribution in [0.3, 0.4) is 0 Å². The lowest BCUT2D eigenvalue weighted by molar-refractivity contribution is 0.0697. The molecule has 1 aromatic rings. The lowest BCUT2D eigenvalue weighted by atomic mass is 10.2. The molecule has 82 valence electrons. The molecule has 0 aromatic heterocycles. The summed E-state index contributed by atoms with van der Waals surface area (Å²) in [5, 5.41) is 21.6. The highest BCUT2D eigenvalue weighted by molar-refractivity contribution is 5.91. The van der Waals surface area contributed by atoms with Gasteiger partial charge >= 0.3 is 12.0 Å². The molecular weight excluding hydrogens is 210 g/mol. The number of amides is 2. The topological polar surface area (TPSA) is 102 Å². The molecule has 1 aromatic carbocycles. The fourth-order valence-corrected chi connectivity index (χ4v) is 0.991. The number of urea groups is 1. The van der Waals surface area contributed by atoms with Crippen LogP contribution in [0.4, 0.5) is 10.5 Å². The minimum absolute atomic E-state index is 0.0843. The van der Waals surface area contributed by atoms with E-state index < -0.39 is 12.0 Å². The van der Waals surface area contributed by atoms with Gasteiger partial charge in [0.25, 0.3) is 0 Å². The minimum atomic E-state index is -1.03. The number of anilines is 1. The zero-order valence-corrected chi connectivity index (χ0v) is 8.23. The van der Waals surface area contributed by atoms with Crippen molar-refractivity contribution >= 4 is 17.7 Å². The largest absolute Gasteiger partial charge is 0.478 e. The molecule has 16 heavy (non-hydrogen) atoms. The van der Waals surface area contributed by atoms with E-state index in [1.54, 1.807) is 6.07 Å². The Labute approximate surface area is 91.5 Å². The van der Waals surface area contributed by atoms with Crippen LogP contribution in [0.2, 0.25) is 0 Å². The zero-order valence-electron chi connectivity index (χ0n) is 8.23. The highest BCUT2D eigenvalue weighted by Gasteiger charge is 2.03. The molecule has 2 amide bonds. The summed E-state index contributed by atoms with van der Waals surface area (Å²) in [6, 6.07) is 6.94. The number of rotatable bonds is 3. The minimum Gasteiger partial charge on any atom is -0.478 e. The summed E-state index contributed by atoms with van der Waals surface area (Å²) in [5.74, 6) is -1.03. The molecule has 0 atom stereocenters. The van der Waals surface area contributed by atoms with Crippen LogP contribution in [0.1, 0.15) is 10.4 Å². The van der Waals surface area contributed by atoms with Gasteiger partial charge in [-0.2, -0.15) is 5.26 Å². The van der Waals surface area contributed by atoms with Crippen molar-refractivity contribution in [1.29, 1.82) is 5.26 Å². The molecular formula is C10H9N3O3. The first-order valence-corrected chi connectivity index (χ1v) is 4.38. The number of carbonyl (C=O) groups is 2. The van der Waals surface area contributed by atoms with E-state index in [0.717, 1.165) is 0 Å². The molecule has 0 aliphatic heterocycles. The predicted molar refractivity (Wildman–Crippen MR) is 56.0 cm³/mol. The molecule has 0 aliphatic rings. The monoisotopic (exact) mass is 219 g/mol. The second-order valence-corrected chi connectivity index (χ2v) is 2.85. The Morgan fingerprint density at radius 3 is 2.44 bits per heavy atom. The van der Waals surface area contributed by atoms with E-state index in [-0.39, 0.29) is 12.1 Å². The van der Waals surface area contributed by atoms with Gasteiger partial charge in [-0.3, -0.25) is 0 Å². The number of nitrogens with one attached hydrogen (secondary N) is 2. The second kappa shape index (κ2) is 5.36. The Morgan fingerprint density at radius 2 is 1.94 bits per heavy atom. The molecule has 0 saturated heterocycles. The van der Waals surface area contributed by atoms with Crippen LogP contribution in [-0.4, -0.2) is 23.7 Å². The van der Waals surface area contributed by atoms with Gasteiger partial charge in [-0.1, -0.05) is 0 Å². The molecule has 0 saturated carbocycles. The molecule has 0 radical (unpaired) electrons. The van der Waals surface area contributed by atoms with Crippen LogP contribution in [-0.2, 0) is 0 Å². The highest BCUT2D eigenvalue weighted by atomic mass is 16.4. The number of nitriles is 1. The van der Waals surface area contributed by atoms with Crippen LogP contribution in [0, 0.1) is 11.3 Å². The Bertz CT molecular complexity index is 434. The quantitative estimate of drug-likeness (QED) is 0.660. The van der Waals surface area contributed by atoms with Gasteiger partial charge in [0.15, 0.2) is 0 Å². The van der Waals surface area contributed by atoms with Crippen molar-refractivity contribution < 1.29 is 14.7 Å². The average Bonchev–Trinajstić information content (AvgIpc) is 2.27. The van der Waals surface area contributed by atoms with Gasteiger partial charge in [0.05, 0.1) is 11.6 Å². The summed E-state index contributed by atoms with van der Waals surface area (Å²) in [6.45, 7) is -0.0843. The highest BCUT2D eigenvalue weighted by Crippen LogP contribution is 2.09. The maximum Gasteiger partial charge on any atom is 0.335 e. The van der Waals surface area contributed by atoms with Gasteiger partial charge in [0, 0.05) is 5.69 Å². The lowest BCUT2D eigenvalue weighted by Crippen LogP contribution is -2.28. The number of carboxylic acids is 1. The summed E-state index contributed by atoms with van der Waals surface area (Å²) >= 11 is 0. The number of carbonyl (C=O) groups excluding carboxylic acids is 1. The van der Waals surface area contributed by atoms with Gasteiger partial charge in [-0.15, -0.1) is 0 Å². The SMILES string of the molecule is N#CCNC(=O)Nc1ccc(C(=O)O)cc1. The average molecular weight is 219 g/mol. The third-order valence-electron chi connectivity index (χ3n) is 1.72. The van der Waals surface area contributed by atoms with E-state index >= 15 is 0 Å². The summed E-state index contributed by atoms with van der Waals surface area (Å²) in [6.07, 6.45) is 0. The maximum absolute atomic E-state index is 11.1. The van der Waals surface area contributed by atoms with Crippen molar-refractivity contribution in [3.63, 3.8) is 0 Å². The summed E-state index contributed by atoms with van der Waals surface area (Å²) in [4.78, 5) is 21.6. The zero-order chi connectivity index (χ0) is 12.0. The molecule has 1 rings (SSSR count). The number of hydrogen-bond donors (Lipinski definition) is 3. The molecule has 3 N–H and O–H groups in total. The van der Waals surface area contributed by atoms with E-state index in [1.807, 2.05) is 0 Å². The van der Waals surface area contributed by atoms with Crippen LogP contribution in [0.15, 0.2) is 24.3 Å². The molecule has 0 spiro atoms. The molecule has 0 unspecified atom stereocenters. The Morgan fingerprint density at radius 1 is 1.31 bits per heavy atom. The fraction of sp³-hybridized carbons (Fsp3) is 0.100. The van der Waals surface area contributed by atoms with Crippen LogP contribution in [0.25, 0.3) is 0 Å². The Balaban J connectivity index is 2.59. The van der Waals surface area contributed by atoms with E-state index in [9.17, 15) is 9.59 Å². The van der Waals surface area contributed by atoms with Gasteiger partial charge < -0.3 is 15.7 Å². The van der Waals surface area contributed by atoms with Crippen molar-refractivity contribution in [3.05, 3.63) is 29.8 Å².